The van der Waals surface area contributed by atoms with E-state index in [0.717, 1.165) is 29.7 Å². The quantitative estimate of drug-likeness (QED) is 0.122. The molecule has 2 aliphatic rings. The number of dihydropyridines is 1. The van der Waals surface area contributed by atoms with E-state index in [4.69, 9.17) is 4.99 Å². The van der Waals surface area contributed by atoms with Crippen LogP contribution >= 0.6 is 0 Å². The molecule has 1 unspecified atom stereocenters. The minimum absolute atomic E-state index is 0.539. The summed E-state index contributed by atoms with van der Waals surface area (Å²) in [5, 5.41) is 8.39. The molecule has 2 nitrogen and oxygen atoms in total. The number of hydrogen-bond donors (Lipinski definition) is 1. The van der Waals surface area contributed by atoms with Crippen molar-refractivity contribution >= 4 is 44.7 Å². The molecule has 2 heteroatoms. The Morgan fingerprint density at radius 2 is 1.17 bits per heavy atom. The molecule has 0 saturated carbocycles. The summed E-state index contributed by atoms with van der Waals surface area (Å²) in [4.78, 5) is 4.81. The zero-order valence-corrected chi connectivity index (χ0v) is 33.1. The SMILES string of the molecule is C=CC=Nc1c(C)c2ccccc2c2cc(-c3cccc(-c4cccc(-c5cccc(-c6cc(C7=CC=CCN7)cc(C7=C/C=C\C(C)C/C=C\7)c6)c5)c4)c3)ccc12. The molecule has 1 aliphatic carbocycles. The van der Waals surface area contributed by atoms with E-state index in [-0.39, 0.29) is 0 Å². The van der Waals surface area contributed by atoms with Crippen molar-refractivity contribution in [2.75, 3.05) is 6.54 Å². The van der Waals surface area contributed by atoms with Gasteiger partial charge in [-0.15, -0.1) is 0 Å². The summed E-state index contributed by atoms with van der Waals surface area (Å²) in [5.74, 6) is 0.539. The van der Waals surface area contributed by atoms with Gasteiger partial charge in [0.25, 0.3) is 0 Å². The third-order valence-corrected chi connectivity index (χ3v) is 11.4. The van der Waals surface area contributed by atoms with Gasteiger partial charge in [0, 0.05) is 23.8 Å². The summed E-state index contributed by atoms with van der Waals surface area (Å²) >= 11 is 0. The van der Waals surface area contributed by atoms with Gasteiger partial charge in [-0.25, -0.2) is 0 Å². The molecule has 1 N–H and O–H groups in total. The van der Waals surface area contributed by atoms with Crippen molar-refractivity contribution in [3.05, 3.63) is 211 Å². The molecule has 0 amide bonds. The summed E-state index contributed by atoms with van der Waals surface area (Å²) in [6.45, 7) is 9.11. The van der Waals surface area contributed by atoms with Crippen molar-refractivity contribution in [2.45, 2.75) is 20.3 Å². The average Bonchev–Trinajstić information content (AvgIpc) is 3.28. The standard InChI is InChI=1S/C56H46N2/c1-4-29-58-56-39(3)51-24-5-6-25-52(51)54-37-47(27-28-53(54)56)45-22-12-20-43(32-45)41-18-11-19-42(31-41)44-21-13-23-46(33-44)49-34-48(40-16-9-14-38(2)15-10-17-40)35-50(36-49)55-26-7-8-30-57-55/h4-14,16-29,31-38,57H,1,15,30H2,2-3H3/b14-9-,17-10-,40-16+,58-29?. The lowest BCUT2D eigenvalue weighted by atomic mass is 9.91. The molecule has 1 atom stereocenters. The topological polar surface area (TPSA) is 24.4 Å². The van der Waals surface area contributed by atoms with Gasteiger partial charge in [0.05, 0.1) is 5.69 Å². The highest BCUT2D eigenvalue weighted by Gasteiger charge is 2.14. The average molecular weight is 747 g/mol. The van der Waals surface area contributed by atoms with Crippen molar-refractivity contribution in [2.24, 2.45) is 10.9 Å². The van der Waals surface area contributed by atoms with Crippen molar-refractivity contribution < 1.29 is 0 Å². The van der Waals surface area contributed by atoms with E-state index in [1.807, 2.05) is 0 Å². The van der Waals surface area contributed by atoms with Crippen LogP contribution in [-0.2, 0) is 0 Å². The Bertz CT molecular complexity index is 2910. The third-order valence-electron chi connectivity index (χ3n) is 11.4. The van der Waals surface area contributed by atoms with Gasteiger partial charge in [0.15, 0.2) is 0 Å². The van der Waals surface area contributed by atoms with Crippen LogP contribution < -0.4 is 5.32 Å². The number of aliphatic imine (C=N–C) groups is 1. The first kappa shape index (κ1) is 36.6. The second-order valence-corrected chi connectivity index (χ2v) is 15.3. The molecule has 58 heavy (non-hydrogen) atoms. The van der Waals surface area contributed by atoms with Gasteiger partial charge in [0.2, 0.25) is 0 Å². The molecule has 7 aromatic carbocycles. The Morgan fingerprint density at radius 1 is 0.569 bits per heavy atom. The molecule has 0 bridgehead atoms. The highest BCUT2D eigenvalue weighted by atomic mass is 14.9. The molecular formula is C56H46N2. The summed E-state index contributed by atoms with van der Waals surface area (Å²) < 4.78 is 0. The lowest BCUT2D eigenvalue weighted by Gasteiger charge is -2.17. The zero-order chi connectivity index (χ0) is 39.4. The maximum Gasteiger partial charge on any atom is 0.0743 e. The van der Waals surface area contributed by atoms with E-state index in [9.17, 15) is 0 Å². The molecule has 1 heterocycles. The van der Waals surface area contributed by atoms with Crippen molar-refractivity contribution in [1.29, 1.82) is 0 Å². The highest BCUT2D eigenvalue weighted by Crippen LogP contribution is 2.40. The first-order valence-electron chi connectivity index (χ1n) is 20.3. The number of nitrogens with zero attached hydrogens (tertiary/aromatic N) is 1. The largest absolute Gasteiger partial charge is 0.381 e. The van der Waals surface area contributed by atoms with Crippen molar-refractivity contribution in [3.63, 3.8) is 0 Å². The number of allylic oxidation sites excluding steroid dienone is 9. The fraction of sp³-hybridized carbons (Fsp3) is 0.0893. The first-order valence-corrected chi connectivity index (χ1v) is 20.3. The predicted octanol–water partition coefficient (Wildman–Crippen LogP) is 14.9. The van der Waals surface area contributed by atoms with E-state index >= 15 is 0 Å². The minimum atomic E-state index is 0.539. The van der Waals surface area contributed by atoms with Gasteiger partial charge in [-0.3, -0.25) is 4.99 Å². The summed E-state index contributed by atoms with van der Waals surface area (Å²) in [6, 6.07) is 49.2. The lowest BCUT2D eigenvalue weighted by Crippen LogP contribution is -2.14. The molecule has 9 rings (SSSR count). The van der Waals surface area contributed by atoms with Crippen LogP contribution in [0.2, 0.25) is 0 Å². The molecule has 1 aliphatic heterocycles. The van der Waals surface area contributed by atoms with Crippen LogP contribution in [-0.4, -0.2) is 12.8 Å². The Hall–Kier alpha value is -7.03. The van der Waals surface area contributed by atoms with Gasteiger partial charge in [0.1, 0.15) is 0 Å². The zero-order valence-electron chi connectivity index (χ0n) is 33.1. The predicted molar refractivity (Wildman–Crippen MR) is 251 cm³/mol. The van der Waals surface area contributed by atoms with E-state index < -0.39 is 0 Å². The maximum absolute atomic E-state index is 4.81. The molecule has 0 saturated heterocycles. The van der Waals surface area contributed by atoms with Crippen LogP contribution in [0.25, 0.3) is 77.3 Å². The lowest BCUT2D eigenvalue weighted by molar-refractivity contribution is 0.744. The van der Waals surface area contributed by atoms with Gasteiger partial charge in [-0.1, -0.05) is 153 Å². The number of benzene rings is 7. The number of nitrogens with one attached hydrogen (secondary N) is 1. The van der Waals surface area contributed by atoms with Crippen molar-refractivity contribution in [3.8, 4) is 44.5 Å². The van der Waals surface area contributed by atoms with E-state index in [1.165, 1.54) is 82.9 Å². The Labute approximate surface area is 342 Å². The Morgan fingerprint density at radius 3 is 1.83 bits per heavy atom. The number of fused-ring (bicyclic) bond motifs is 3. The van der Waals surface area contributed by atoms with Gasteiger partial charge < -0.3 is 5.32 Å². The van der Waals surface area contributed by atoms with Crippen LogP contribution in [0, 0.1) is 12.8 Å². The fourth-order valence-electron chi connectivity index (χ4n) is 8.32. The van der Waals surface area contributed by atoms with Crippen LogP contribution in [0.3, 0.4) is 0 Å². The minimum Gasteiger partial charge on any atom is -0.381 e. The Balaban J connectivity index is 1.07. The monoisotopic (exact) mass is 746 g/mol. The van der Waals surface area contributed by atoms with Crippen LogP contribution in [0.1, 0.15) is 30.0 Å². The molecule has 280 valence electrons. The summed E-state index contributed by atoms with van der Waals surface area (Å²) in [7, 11) is 0. The molecule has 0 spiro atoms. The van der Waals surface area contributed by atoms with E-state index in [0.29, 0.717) is 5.92 Å². The van der Waals surface area contributed by atoms with Gasteiger partial charge >= 0.3 is 0 Å². The van der Waals surface area contributed by atoms with Gasteiger partial charge in [-0.05, 0) is 151 Å². The summed E-state index contributed by atoms with van der Waals surface area (Å²) in [5.41, 5.74) is 16.4. The number of rotatable bonds is 8. The maximum atomic E-state index is 4.81. The fourth-order valence-corrected chi connectivity index (χ4v) is 8.32. The van der Waals surface area contributed by atoms with E-state index in [1.54, 1.807) is 12.3 Å². The highest BCUT2D eigenvalue weighted by molar-refractivity contribution is 6.15. The first-order chi connectivity index (χ1) is 28.5. The second-order valence-electron chi connectivity index (χ2n) is 15.3. The number of aryl methyl sites for hydroxylation is 1. The second kappa shape index (κ2) is 16.2. The van der Waals surface area contributed by atoms with Crippen LogP contribution in [0.5, 0.6) is 0 Å². The smallest absolute Gasteiger partial charge is 0.0743 e. The molecule has 0 fully saturated rings. The Kier molecular flexibility index (Phi) is 10.2. The molecular weight excluding hydrogens is 701 g/mol. The van der Waals surface area contributed by atoms with Crippen molar-refractivity contribution in [1.82, 2.24) is 5.32 Å². The molecule has 0 aromatic heterocycles. The molecule has 7 aromatic rings. The van der Waals surface area contributed by atoms with Crippen LogP contribution in [0.15, 0.2) is 200 Å². The molecule has 0 radical (unpaired) electrons. The van der Waals surface area contributed by atoms with E-state index in [2.05, 4.69) is 208 Å². The normalized spacial score (nSPS) is 17.2. The summed E-state index contributed by atoms with van der Waals surface area (Å²) in [6.07, 6.45) is 22.4. The van der Waals surface area contributed by atoms with Gasteiger partial charge in [-0.2, -0.15) is 0 Å². The number of hydrogen-bond acceptors (Lipinski definition) is 2. The third kappa shape index (κ3) is 7.45. The van der Waals surface area contributed by atoms with Crippen LogP contribution in [0.4, 0.5) is 5.69 Å².